The molecule has 1 aromatic rings. The van der Waals surface area contributed by atoms with Crippen LogP contribution in [0.3, 0.4) is 0 Å². The van der Waals surface area contributed by atoms with Gasteiger partial charge in [-0.2, -0.15) is 0 Å². The third kappa shape index (κ3) is 4.51. The normalized spacial score (nSPS) is 45.1. The fraction of sp³-hybridized carbons (Fsp3) is 0.641. The van der Waals surface area contributed by atoms with E-state index >= 15 is 0 Å². The molecule has 4 fully saturated rings. The molecule has 0 aliphatic heterocycles. The summed E-state index contributed by atoms with van der Waals surface area (Å²) in [6, 6.07) is 6.48. The van der Waals surface area contributed by atoms with Crippen molar-refractivity contribution >= 4 is 18.0 Å². The zero-order chi connectivity index (χ0) is 33.4. The Labute approximate surface area is 273 Å². The molecule has 0 amide bonds. The number of allylic oxidation sites excluding steroid dienone is 3. The molecule has 0 radical (unpaired) electrons. The molecule has 250 valence electrons. The van der Waals surface area contributed by atoms with E-state index < -0.39 is 35.0 Å². The molecule has 5 aliphatic carbocycles. The van der Waals surface area contributed by atoms with Crippen LogP contribution in [0.25, 0.3) is 6.08 Å². The van der Waals surface area contributed by atoms with Crippen LogP contribution in [0.2, 0.25) is 0 Å². The maximum absolute atomic E-state index is 13.1. The predicted molar refractivity (Wildman–Crippen MR) is 176 cm³/mol. The number of carbonyl (C=O) groups is 2. The largest absolute Gasteiger partial charge is 0.508 e. The van der Waals surface area contributed by atoms with Gasteiger partial charge in [-0.1, -0.05) is 70.6 Å². The van der Waals surface area contributed by atoms with Gasteiger partial charge in [0.1, 0.15) is 11.9 Å². The van der Waals surface area contributed by atoms with Gasteiger partial charge < -0.3 is 25.2 Å². The van der Waals surface area contributed by atoms with E-state index in [1.807, 2.05) is 6.92 Å². The first-order valence-electron chi connectivity index (χ1n) is 17.2. The van der Waals surface area contributed by atoms with Crippen molar-refractivity contribution in [2.45, 2.75) is 98.2 Å². The fourth-order valence-corrected chi connectivity index (χ4v) is 11.8. The number of fused-ring (bicyclic) bond motifs is 7. The second-order valence-corrected chi connectivity index (χ2v) is 16.4. The number of carboxylic acids is 1. The van der Waals surface area contributed by atoms with Crippen LogP contribution in [0.5, 0.6) is 5.75 Å². The van der Waals surface area contributed by atoms with Crippen molar-refractivity contribution in [2.75, 3.05) is 6.61 Å². The Morgan fingerprint density at radius 2 is 1.74 bits per heavy atom. The van der Waals surface area contributed by atoms with Crippen molar-refractivity contribution in [1.82, 2.24) is 0 Å². The maximum Gasteiger partial charge on any atom is 0.331 e. The van der Waals surface area contributed by atoms with Crippen LogP contribution >= 0.6 is 0 Å². The Kier molecular flexibility index (Phi) is 7.96. The minimum Gasteiger partial charge on any atom is -0.508 e. The van der Waals surface area contributed by atoms with E-state index in [0.29, 0.717) is 19.3 Å². The number of aliphatic hydroxyl groups excluding tert-OH is 2. The van der Waals surface area contributed by atoms with Gasteiger partial charge >= 0.3 is 11.9 Å². The lowest BCUT2D eigenvalue weighted by atomic mass is 9.33. The number of phenolic OH excluding ortho intramolecular Hbond substituents is 1. The summed E-state index contributed by atoms with van der Waals surface area (Å²) in [4.78, 5) is 26.0. The summed E-state index contributed by atoms with van der Waals surface area (Å²) in [6.07, 6.45) is 9.41. The Morgan fingerprint density at radius 3 is 2.39 bits per heavy atom. The zero-order valence-electron chi connectivity index (χ0n) is 28.1. The van der Waals surface area contributed by atoms with Crippen LogP contribution in [0.4, 0.5) is 0 Å². The van der Waals surface area contributed by atoms with E-state index in [9.17, 15) is 30.0 Å². The standard InChI is InChI=1S/C39H52O7/c1-23-15-18-39(34(44)45)20-19-37(5)27(32(39)24(23)2)12-13-30-35(3)21-28(42)33(36(4,22-40)29(35)16-17-38(30,37)6)46-31(43)14-9-25-7-10-26(41)11-8-25/h7-12,14,24,28-30,32-33,40-42H,1,13,15-22H2,2-6H3,(H,44,45)/b14-9+/t24-,28+,29+,30+,32-,33-,35-,36+,37+,38+,39-/m0/s1. The summed E-state index contributed by atoms with van der Waals surface area (Å²) in [7, 11) is 0. The third-order valence-corrected chi connectivity index (χ3v) is 14.6. The third-order valence-electron chi connectivity index (χ3n) is 14.6. The first kappa shape index (κ1) is 33.0. The monoisotopic (exact) mass is 632 g/mol. The molecule has 0 heterocycles. The van der Waals surface area contributed by atoms with Gasteiger partial charge in [-0.25, -0.2) is 4.79 Å². The lowest BCUT2D eigenvalue weighted by Crippen LogP contribution is -2.68. The number of aromatic hydroxyl groups is 1. The number of phenols is 1. The second kappa shape index (κ2) is 11.1. The van der Waals surface area contributed by atoms with E-state index in [1.165, 1.54) is 11.6 Å². The molecule has 4 saturated carbocycles. The molecular formula is C39H52O7. The number of hydrogen-bond acceptors (Lipinski definition) is 6. The average Bonchev–Trinajstić information content (AvgIpc) is 3.00. The number of rotatable bonds is 5. The highest BCUT2D eigenvalue weighted by Gasteiger charge is 2.71. The van der Waals surface area contributed by atoms with Crippen LogP contribution in [0.1, 0.15) is 91.5 Å². The first-order valence-corrected chi connectivity index (χ1v) is 17.2. The summed E-state index contributed by atoms with van der Waals surface area (Å²) in [5, 5.41) is 42.9. The van der Waals surface area contributed by atoms with Crippen molar-refractivity contribution in [3.63, 3.8) is 0 Å². The average molecular weight is 633 g/mol. The molecular weight excluding hydrogens is 580 g/mol. The number of aliphatic hydroxyl groups is 2. The van der Waals surface area contributed by atoms with E-state index in [2.05, 4.69) is 40.3 Å². The fourth-order valence-electron chi connectivity index (χ4n) is 11.8. The van der Waals surface area contributed by atoms with Gasteiger partial charge in [0, 0.05) is 17.4 Å². The summed E-state index contributed by atoms with van der Waals surface area (Å²) >= 11 is 0. The number of ether oxygens (including phenoxy) is 1. The quantitative estimate of drug-likeness (QED) is 0.158. The van der Waals surface area contributed by atoms with Gasteiger partial charge in [-0.3, -0.25) is 4.79 Å². The number of esters is 1. The lowest BCUT2D eigenvalue weighted by Gasteiger charge is -2.71. The smallest absolute Gasteiger partial charge is 0.331 e. The summed E-state index contributed by atoms with van der Waals surface area (Å²) in [6.45, 7) is 15.4. The van der Waals surface area contributed by atoms with Crippen molar-refractivity contribution in [1.29, 1.82) is 0 Å². The molecule has 46 heavy (non-hydrogen) atoms. The molecule has 7 heteroatoms. The van der Waals surface area contributed by atoms with E-state index in [1.54, 1.807) is 30.3 Å². The van der Waals surface area contributed by atoms with Gasteiger partial charge in [0.15, 0.2) is 0 Å². The minimum absolute atomic E-state index is 0.0129. The van der Waals surface area contributed by atoms with Gasteiger partial charge in [-0.05, 0) is 109 Å². The molecule has 5 aliphatic rings. The maximum atomic E-state index is 13.1. The molecule has 0 bridgehead atoms. The number of carbonyl (C=O) groups excluding carboxylic acids is 1. The lowest BCUT2D eigenvalue weighted by molar-refractivity contribution is -0.249. The molecule has 4 N–H and O–H groups in total. The number of aliphatic carboxylic acids is 1. The molecule has 0 saturated heterocycles. The molecule has 0 unspecified atom stereocenters. The molecule has 1 aromatic carbocycles. The van der Waals surface area contributed by atoms with E-state index in [0.717, 1.165) is 43.2 Å². The molecule has 11 atom stereocenters. The summed E-state index contributed by atoms with van der Waals surface area (Å²) < 4.78 is 5.97. The Balaban J connectivity index is 1.32. The van der Waals surface area contributed by atoms with E-state index in [-0.39, 0.29) is 52.3 Å². The highest BCUT2D eigenvalue weighted by Crippen LogP contribution is 2.75. The number of carboxylic acid groups (broad SMARTS) is 1. The van der Waals surface area contributed by atoms with Crippen molar-refractivity contribution < 1.29 is 34.8 Å². The number of benzene rings is 1. The summed E-state index contributed by atoms with van der Waals surface area (Å²) in [5.41, 5.74) is 0.952. The van der Waals surface area contributed by atoms with Crippen LogP contribution in [0.15, 0.2) is 54.1 Å². The predicted octanol–water partition coefficient (Wildman–Crippen LogP) is 6.92. The molecule has 0 spiro atoms. The van der Waals surface area contributed by atoms with Crippen LogP contribution in [-0.2, 0) is 14.3 Å². The van der Waals surface area contributed by atoms with Gasteiger partial charge in [0.05, 0.1) is 18.1 Å². The zero-order valence-corrected chi connectivity index (χ0v) is 28.1. The minimum atomic E-state index is -0.947. The Bertz CT molecular complexity index is 1480. The Morgan fingerprint density at radius 1 is 1.04 bits per heavy atom. The van der Waals surface area contributed by atoms with Gasteiger partial charge in [0.2, 0.25) is 0 Å². The van der Waals surface area contributed by atoms with Crippen molar-refractivity contribution in [2.24, 2.45) is 50.7 Å². The van der Waals surface area contributed by atoms with Crippen molar-refractivity contribution in [3.8, 4) is 5.75 Å². The highest BCUT2D eigenvalue weighted by molar-refractivity contribution is 5.87. The first-order chi connectivity index (χ1) is 21.6. The summed E-state index contributed by atoms with van der Waals surface area (Å²) in [5.74, 6) is -0.846. The van der Waals surface area contributed by atoms with Crippen molar-refractivity contribution in [3.05, 3.63) is 59.7 Å². The van der Waals surface area contributed by atoms with Crippen LogP contribution in [0, 0.1) is 50.7 Å². The van der Waals surface area contributed by atoms with E-state index in [4.69, 9.17) is 4.74 Å². The highest BCUT2D eigenvalue weighted by atomic mass is 16.6. The molecule has 0 aromatic heterocycles. The SMILES string of the molecule is C=C1CC[C@]2(C(=O)O)CC[C@]3(C)C(=CC[C@@H]4[C@@]5(C)C[C@@H](O)[C@H](OC(=O)/C=C/c6ccc(O)cc6)[C@](C)(CO)[C@@H]5CC[C@]43C)[C@@H]2[C@H]1C. The van der Waals surface area contributed by atoms with Crippen LogP contribution in [-0.4, -0.2) is 51.2 Å². The topological polar surface area (TPSA) is 124 Å². The second-order valence-electron chi connectivity index (χ2n) is 16.4. The van der Waals surface area contributed by atoms with Gasteiger partial charge in [0.25, 0.3) is 0 Å². The number of hydrogen-bond donors (Lipinski definition) is 4. The molecule has 7 nitrogen and oxygen atoms in total. The van der Waals surface area contributed by atoms with Crippen LogP contribution < -0.4 is 0 Å². The van der Waals surface area contributed by atoms with Gasteiger partial charge in [-0.15, -0.1) is 0 Å². The Hall–Kier alpha value is -2.90. The molecule has 6 rings (SSSR count).